The zero-order chi connectivity index (χ0) is 18.5. The van der Waals surface area contributed by atoms with Gasteiger partial charge < -0.3 is 10.6 Å². The monoisotopic (exact) mass is 368 g/mol. The van der Waals surface area contributed by atoms with E-state index in [1.54, 1.807) is 6.20 Å². The van der Waals surface area contributed by atoms with Gasteiger partial charge in [-0.25, -0.2) is 0 Å². The number of anilines is 1. The fourth-order valence-corrected chi connectivity index (χ4v) is 3.09. The van der Waals surface area contributed by atoms with Crippen LogP contribution in [0, 0.1) is 13.8 Å². The quantitative estimate of drug-likeness (QED) is 0.654. The van der Waals surface area contributed by atoms with Crippen LogP contribution >= 0.6 is 12.2 Å². The Morgan fingerprint density at radius 2 is 1.88 bits per heavy atom. The molecule has 0 bridgehead atoms. The van der Waals surface area contributed by atoms with Gasteiger partial charge in [0.15, 0.2) is 5.11 Å². The minimum atomic E-state index is 0.583. The largest absolute Gasteiger partial charge is 0.357 e. The molecule has 2 heterocycles. The summed E-state index contributed by atoms with van der Waals surface area (Å²) in [7, 11) is 0. The Hall–Kier alpha value is -2.67. The summed E-state index contributed by atoms with van der Waals surface area (Å²) in [6.07, 6.45) is 1.80. The number of benzene rings is 1. The summed E-state index contributed by atoms with van der Waals surface area (Å²) in [6.45, 7) is 8.34. The number of aryl methyl sites for hydroxylation is 2. The lowest BCUT2D eigenvalue weighted by molar-refractivity contribution is 0.614. The smallest absolute Gasteiger partial charge is 0.171 e. The van der Waals surface area contributed by atoms with Crippen LogP contribution in [0.15, 0.2) is 42.6 Å². The van der Waals surface area contributed by atoms with Crippen molar-refractivity contribution in [3.8, 4) is 0 Å². The molecule has 0 saturated carbocycles. The third-order valence-electron chi connectivity index (χ3n) is 4.33. The minimum absolute atomic E-state index is 0.583. The highest BCUT2D eigenvalue weighted by molar-refractivity contribution is 7.80. The SMILES string of the molecule is CCn1nccc1CNC(=S)Nc1c(C)nn(Cc2ccccc2)c1C. The Morgan fingerprint density at radius 1 is 1.12 bits per heavy atom. The first kappa shape index (κ1) is 18.1. The van der Waals surface area contributed by atoms with Gasteiger partial charge in [-0.05, 0) is 44.6 Å². The number of aromatic nitrogens is 4. The Labute approximate surface area is 159 Å². The second-order valence-electron chi connectivity index (χ2n) is 6.14. The summed E-state index contributed by atoms with van der Waals surface area (Å²) in [5.74, 6) is 0. The Morgan fingerprint density at radius 3 is 2.62 bits per heavy atom. The van der Waals surface area contributed by atoms with Crippen molar-refractivity contribution in [3.05, 3.63) is 65.2 Å². The summed E-state index contributed by atoms with van der Waals surface area (Å²) in [4.78, 5) is 0. The molecule has 0 aliphatic carbocycles. The van der Waals surface area contributed by atoms with Gasteiger partial charge >= 0.3 is 0 Å². The van der Waals surface area contributed by atoms with Crippen molar-refractivity contribution in [3.63, 3.8) is 0 Å². The first-order valence-electron chi connectivity index (χ1n) is 8.72. The Bertz CT molecular complexity index is 881. The van der Waals surface area contributed by atoms with Gasteiger partial charge in [0.2, 0.25) is 0 Å². The highest BCUT2D eigenvalue weighted by atomic mass is 32.1. The molecule has 0 saturated heterocycles. The molecule has 0 spiro atoms. The van der Waals surface area contributed by atoms with Crippen LogP contribution in [0.2, 0.25) is 0 Å². The predicted octanol–water partition coefficient (Wildman–Crippen LogP) is 3.25. The molecule has 7 heteroatoms. The van der Waals surface area contributed by atoms with Gasteiger partial charge in [-0.2, -0.15) is 10.2 Å². The van der Waals surface area contributed by atoms with Crippen LogP contribution in [0.3, 0.4) is 0 Å². The van der Waals surface area contributed by atoms with Crippen LogP contribution in [0.5, 0.6) is 0 Å². The van der Waals surface area contributed by atoms with Gasteiger partial charge in [-0.3, -0.25) is 9.36 Å². The second-order valence-corrected chi connectivity index (χ2v) is 6.54. The van der Waals surface area contributed by atoms with Crippen LogP contribution in [-0.2, 0) is 19.6 Å². The van der Waals surface area contributed by atoms with E-state index >= 15 is 0 Å². The highest BCUT2D eigenvalue weighted by Crippen LogP contribution is 2.20. The first-order valence-corrected chi connectivity index (χ1v) is 9.12. The van der Waals surface area contributed by atoms with Gasteiger partial charge in [0.1, 0.15) is 0 Å². The fraction of sp³-hybridized carbons (Fsp3) is 0.316. The average Bonchev–Trinajstić information content (AvgIpc) is 3.20. The molecule has 0 amide bonds. The molecule has 1 aromatic carbocycles. The van der Waals surface area contributed by atoms with Crippen molar-refractivity contribution in [2.75, 3.05) is 5.32 Å². The summed E-state index contributed by atoms with van der Waals surface area (Å²) in [5.41, 5.74) is 5.28. The number of hydrogen-bond donors (Lipinski definition) is 2. The molecule has 0 fully saturated rings. The number of thiocarbonyl (C=S) groups is 1. The Balaban J connectivity index is 1.65. The van der Waals surface area contributed by atoms with Gasteiger partial charge in [0, 0.05) is 12.7 Å². The second kappa shape index (κ2) is 8.14. The van der Waals surface area contributed by atoms with Crippen LogP contribution in [0.4, 0.5) is 5.69 Å². The lowest BCUT2D eigenvalue weighted by Crippen LogP contribution is -2.29. The van der Waals surface area contributed by atoms with Crippen molar-refractivity contribution in [1.82, 2.24) is 24.9 Å². The molecule has 136 valence electrons. The van der Waals surface area contributed by atoms with E-state index in [0.29, 0.717) is 11.7 Å². The normalized spacial score (nSPS) is 10.7. The van der Waals surface area contributed by atoms with Crippen molar-refractivity contribution in [1.29, 1.82) is 0 Å². The van der Waals surface area contributed by atoms with Crippen LogP contribution in [-0.4, -0.2) is 24.7 Å². The molecule has 6 nitrogen and oxygen atoms in total. The van der Waals surface area contributed by atoms with E-state index in [1.165, 1.54) is 5.56 Å². The van der Waals surface area contributed by atoms with Crippen molar-refractivity contribution < 1.29 is 0 Å². The summed E-state index contributed by atoms with van der Waals surface area (Å²) >= 11 is 5.46. The zero-order valence-electron chi connectivity index (χ0n) is 15.4. The topological polar surface area (TPSA) is 59.7 Å². The van der Waals surface area contributed by atoms with E-state index in [1.807, 2.05) is 40.6 Å². The standard InChI is InChI=1S/C19H24N6S/c1-4-24-17(10-11-21-24)12-20-19(26)22-18-14(2)23-25(15(18)3)13-16-8-6-5-7-9-16/h5-11H,4,12-13H2,1-3H3,(H2,20,22,26). The lowest BCUT2D eigenvalue weighted by atomic mass is 10.2. The van der Waals surface area contributed by atoms with Crippen molar-refractivity contribution in [2.24, 2.45) is 0 Å². The molecule has 26 heavy (non-hydrogen) atoms. The lowest BCUT2D eigenvalue weighted by Gasteiger charge is -2.12. The van der Waals surface area contributed by atoms with E-state index < -0.39 is 0 Å². The third kappa shape index (κ3) is 4.11. The first-order chi connectivity index (χ1) is 12.6. The van der Waals surface area contributed by atoms with Crippen LogP contribution < -0.4 is 10.6 Å². The zero-order valence-corrected chi connectivity index (χ0v) is 16.2. The molecule has 0 atom stereocenters. The highest BCUT2D eigenvalue weighted by Gasteiger charge is 2.13. The summed E-state index contributed by atoms with van der Waals surface area (Å²) < 4.78 is 3.95. The van der Waals surface area contributed by atoms with E-state index in [9.17, 15) is 0 Å². The van der Waals surface area contributed by atoms with Gasteiger partial charge in [0.05, 0.1) is 35.9 Å². The van der Waals surface area contributed by atoms with E-state index in [2.05, 4.69) is 46.8 Å². The molecule has 0 aliphatic heterocycles. The number of nitrogens with zero attached hydrogens (tertiary/aromatic N) is 4. The molecule has 3 aromatic rings. The minimum Gasteiger partial charge on any atom is -0.357 e. The molecule has 0 aliphatic rings. The maximum absolute atomic E-state index is 5.46. The molecule has 2 N–H and O–H groups in total. The van der Waals surface area contributed by atoms with Crippen molar-refractivity contribution >= 4 is 23.0 Å². The Kier molecular flexibility index (Phi) is 5.68. The van der Waals surface area contributed by atoms with Crippen molar-refractivity contribution in [2.45, 2.75) is 40.4 Å². The fourth-order valence-electron chi connectivity index (χ4n) is 2.91. The van der Waals surface area contributed by atoms with Crippen LogP contribution in [0.25, 0.3) is 0 Å². The maximum Gasteiger partial charge on any atom is 0.171 e. The maximum atomic E-state index is 5.46. The average molecular weight is 369 g/mol. The molecule has 3 rings (SSSR count). The van der Waals surface area contributed by atoms with Gasteiger partial charge in [-0.15, -0.1) is 0 Å². The summed E-state index contributed by atoms with van der Waals surface area (Å²) in [6, 6.07) is 12.3. The van der Waals surface area contributed by atoms with Gasteiger partial charge in [-0.1, -0.05) is 30.3 Å². The van der Waals surface area contributed by atoms with E-state index in [0.717, 1.165) is 35.9 Å². The summed E-state index contributed by atoms with van der Waals surface area (Å²) in [5, 5.41) is 16.0. The van der Waals surface area contributed by atoms with E-state index in [-0.39, 0.29) is 0 Å². The molecule has 0 unspecified atom stereocenters. The molecule has 2 aromatic heterocycles. The van der Waals surface area contributed by atoms with Gasteiger partial charge in [0.25, 0.3) is 0 Å². The third-order valence-corrected chi connectivity index (χ3v) is 4.58. The molecular formula is C19H24N6S. The number of hydrogen-bond acceptors (Lipinski definition) is 3. The van der Waals surface area contributed by atoms with Crippen LogP contribution in [0.1, 0.15) is 29.6 Å². The van der Waals surface area contributed by atoms with E-state index in [4.69, 9.17) is 12.2 Å². The molecule has 0 radical (unpaired) electrons. The predicted molar refractivity (Wildman–Crippen MR) is 108 cm³/mol. The molecular weight excluding hydrogens is 344 g/mol. The number of rotatable bonds is 6. The number of nitrogens with one attached hydrogen (secondary N) is 2.